The van der Waals surface area contributed by atoms with Gasteiger partial charge in [0, 0.05) is 16.1 Å². The summed E-state index contributed by atoms with van der Waals surface area (Å²) < 4.78 is 0.796. The van der Waals surface area contributed by atoms with Crippen LogP contribution in [0.25, 0.3) is 0 Å². The molecule has 0 aromatic heterocycles. The smallest absolute Gasteiger partial charge is 0.324 e. The molecule has 0 unspecified atom stereocenters. The van der Waals surface area contributed by atoms with E-state index in [4.69, 9.17) is 0 Å². The summed E-state index contributed by atoms with van der Waals surface area (Å²) in [5.74, 6) is -3.76. The van der Waals surface area contributed by atoms with Crippen LogP contribution in [0.1, 0.15) is 18.0 Å². The zero-order chi connectivity index (χ0) is 22.3. The molecule has 9 heteroatoms. The van der Waals surface area contributed by atoms with Crippen LogP contribution in [0.15, 0.2) is 53.0 Å². The number of hydrogen-bond donors (Lipinski definition) is 3. The number of imide groups is 1. The van der Waals surface area contributed by atoms with Crippen molar-refractivity contribution < 1.29 is 24.6 Å². The van der Waals surface area contributed by atoms with E-state index in [9.17, 15) is 24.6 Å². The predicted molar refractivity (Wildman–Crippen MR) is 121 cm³/mol. The molecule has 0 bridgehead atoms. The van der Waals surface area contributed by atoms with Crippen molar-refractivity contribution in [2.45, 2.75) is 18.0 Å². The number of carboxylic acids is 1. The van der Waals surface area contributed by atoms with Gasteiger partial charge in [0.05, 0.1) is 17.5 Å². The second-order valence-electron chi connectivity index (χ2n) is 7.69. The third-order valence-electron chi connectivity index (χ3n) is 6.09. The number of nitrogens with zero attached hydrogens (tertiary/aromatic N) is 1. The number of fused-ring (bicyclic) bond motifs is 1. The zero-order valence-electron chi connectivity index (χ0n) is 16.6. The minimum Gasteiger partial charge on any atom is -0.508 e. The summed E-state index contributed by atoms with van der Waals surface area (Å²) in [4.78, 5) is 40.7. The number of thioether (sulfide) groups is 1. The van der Waals surface area contributed by atoms with E-state index in [1.807, 2.05) is 6.26 Å². The van der Waals surface area contributed by atoms with Crippen LogP contribution in [-0.2, 0) is 14.4 Å². The van der Waals surface area contributed by atoms with Crippen LogP contribution < -0.4 is 10.2 Å². The first-order valence-corrected chi connectivity index (χ1v) is 11.9. The van der Waals surface area contributed by atoms with E-state index in [0.29, 0.717) is 17.0 Å². The Morgan fingerprint density at radius 3 is 2.45 bits per heavy atom. The number of halogens is 1. The molecule has 2 aromatic carbocycles. The van der Waals surface area contributed by atoms with Crippen LogP contribution in [-0.4, -0.2) is 45.5 Å². The number of aromatic hydroxyl groups is 1. The van der Waals surface area contributed by atoms with Gasteiger partial charge in [0.1, 0.15) is 11.3 Å². The van der Waals surface area contributed by atoms with Gasteiger partial charge in [-0.25, -0.2) is 4.90 Å². The van der Waals surface area contributed by atoms with Crippen molar-refractivity contribution in [3.8, 4) is 5.75 Å². The van der Waals surface area contributed by atoms with Crippen LogP contribution in [0.3, 0.4) is 0 Å². The molecule has 4 atom stereocenters. The number of benzene rings is 2. The summed E-state index contributed by atoms with van der Waals surface area (Å²) >= 11 is 4.81. The van der Waals surface area contributed by atoms with E-state index in [0.717, 1.165) is 9.37 Å². The van der Waals surface area contributed by atoms with Crippen molar-refractivity contribution in [2.24, 2.45) is 11.8 Å². The van der Waals surface area contributed by atoms with Gasteiger partial charge in [0.2, 0.25) is 11.8 Å². The van der Waals surface area contributed by atoms with Crippen molar-refractivity contribution in [1.82, 2.24) is 5.32 Å². The largest absolute Gasteiger partial charge is 0.508 e. The highest BCUT2D eigenvalue weighted by Gasteiger charge is 2.68. The summed E-state index contributed by atoms with van der Waals surface area (Å²) in [6.07, 6.45) is 2.03. The van der Waals surface area contributed by atoms with Crippen LogP contribution in [0.2, 0.25) is 0 Å². The lowest BCUT2D eigenvalue weighted by Crippen LogP contribution is -2.56. The number of phenols is 1. The number of amides is 2. The minimum atomic E-state index is -1.61. The molecule has 7 nitrogen and oxygen atoms in total. The fraction of sp³-hybridized carbons (Fsp3) is 0.318. The molecule has 0 saturated carbocycles. The molecular weight excluding hydrogens is 484 g/mol. The van der Waals surface area contributed by atoms with Gasteiger partial charge in [-0.15, -0.1) is 0 Å². The van der Waals surface area contributed by atoms with Gasteiger partial charge in [-0.2, -0.15) is 11.8 Å². The van der Waals surface area contributed by atoms with E-state index in [1.54, 1.807) is 42.5 Å². The molecule has 162 valence electrons. The Morgan fingerprint density at radius 2 is 1.84 bits per heavy atom. The SMILES string of the molecule is CSCC[C@]1(C(=O)O)N[C@H](c2ccccc2O)[C@@H]2C(=O)N(c3ccc(Br)cc3)C(=O)[C@H]21. The average molecular weight is 505 g/mol. The number of aliphatic carboxylic acids is 1. The fourth-order valence-electron chi connectivity index (χ4n) is 4.66. The average Bonchev–Trinajstić information content (AvgIpc) is 3.22. The quantitative estimate of drug-likeness (QED) is 0.518. The Balaban J connectivity index is 1.86. The molecule has 3 N–H and O–H groups in total. The summed E-state index contributed by atoms with van der Waals surface area (Å²) in [5, 5.41) is 23.8. The van der Waals surface area contributed by atoms with Crippen molar-refractivity contribution >= 4 is 51.2 Å². The molecule has 31 heavy (non-hydrogen) atoms. The number of hydrogen-bond acceptors (Lipinski definition) is 6. The second kappa shape index (κ2) is 8.29. The number of para-hydroxylation sites is 1. The van der Waals surface area contributed by atoms with Gasteiger partial charge in [-0.05, 0) is 48.8 Å². The number of anilines is 1. The monoisotopic (exact) mass is 504 g/mol. The highest BCUT2D eigenvalue weighted by molar-refractivity contribution is 9.10. The molecule has 2 heterocycles. The topological polar surface area (TPSA) is 107 Å². The molecule has 2 fully saturated rings. The normalized spacial score (nSPS) is 27.5. The molecule has 2 amide bonds. The number of nitrogens with one attached hydrogen (secondary N) is 1. The molecule has 0 spiro atoms. The maximum Gasteiger partial charge on any atom is 0.324 e. The molecule has 2 aromatic rings. The number of carboxylic acid groups (broad SMARTS) is 1. The lowest BCUT2D eigenvalue weighted by atomic mass is 9.78. The van der Waals surface area contributed by atoms with E-state index < -0.39 is 41.2 Å². The van der Waals surface area contributed by atoms with Crippen LogP contribution in [0.5, 0.6) is 5.75 Å². The molecule has 0 aliphatic carbocycles. The molecule has 2 aliphatic heterocycles. The maximum absolute atomic E-state index is 13.5. The van der Waals surface area contributed by atoms with Crippen molar-refractivity contribution in [3.63, 3.8) is 0 Å². The first-order valence-electron chi connectivity index (χ1n) is 9.73. The van der Waals surface area contributed by atoms with Crippen LogP contribution in [0.4, 0.5) is 5.69 Å². The Labute approximate surface area is 191 Å². The van der Waals surface area contributed by atoms with Crippen molar-refractivity contribution in [1.29, 1.82) is 0 Å². The third kappa shape index (κ3) is 3.44. The van der Waals surface area contributed by atoms with Crippen molar-refractivity contribution in [3.05, 3.63) is 58.6 Å². The Morgan fingerprint density at radius 1 is 1.16 bits per heavy atom. The first kappa shape index (κ1) is 21.9. The number of carbonyl (C=O) groups excluding carboxylic acids is 2. The van der Waals surface area contributed by atoms with Gasteiger partial charge < -0.3 is 10.2 Å². The summed E-state index contributed by atoms with van der Waals surface area (Å²) in [6, 6.07) is 12.4. The molecular formula is C22H21BrN2O5S. The molecule has 2 saturated heterocycles. The zero-order valence-corrected chi connectivity index (χ0v) is 19.0. The Hall–Kier alpha value is -2.36. The first-order chi connectivity index (χ1) is 14.8. The lowest BCUT2D eigenvalue weighted by Gasteiger charge is -2.31. The van der Waals surface area contributed by atoms with Crippen LogP contribution in [0, 0.1) is 11.8 Å². The van der Waals surface area contributed by atoms with E-state index >= 15 is 0 Å². The molecule has 4 rings (SSSR count). The summed E-state index contributed by atoms with van der Waals surface area (Å²) in [7, 11) is 0. The van der Waals surface area contributed by atoms with Gasteiger partial charge in [-0.1, -0.05) is 34.1 Å². The standard InChI is InChI=1S/C22H21BrN2O5S/c1-31-11-10-22(21(29)30)17-16(18(24-22)14-4-2-3-5-15(14)26)19(27)25(20(17)28)13-8-6-12(23)7-9-13/h2-9,16-18,24,26H,10-11H2,1H3,(H,29,30)/t16-,17+,18-,22+/m1/s1. The lowest BCUT2D eigenvalue weighted by molar-refractivity contribution is -0.148. The Bertz CT molecular complexity index is 1050. The van der Waals surface area contributed by atoms with Crippen molar-refractivity contribution in [2.75, 3.05) is 16.9 Å². The van der Waals surface area contributed by atoms with E-state index in [2.05, 4.69) is 21.2 Å². The van der Waals surface area contributed by atoms with Gasteiger partial charge in [0.25, 0.3) is 0 Å². The highest BCUT2D eigenvalue weighted by atomic mass is 79.9. The predicted octanol–water partition coefficient (Wildman–Crippen LogP) is 3.18. The minimum absolute atomic E-state index is 0.0489. The highest BCUT2D eigenvalue weighted by Crippen LogP contribution is 2.52. The van der Waals surface area contributed by atoms with E-state index in [1.165, 1.54) is 17.8 Å². The summed E-state index contributed by atoms with van der Waals surface area (Å²) in [6.45, 7) is 0. The summed E-state index contributed by atoms with van der Waals surface area (Å²) in [5.41, 5.74) is -0.811. The number of rotatable bonds is 6. The van der Waals surface area contributed by atoms with Crippen LogP contribution >= 0.6 is 27.7 Å². The molecule has 0 radical (unpaired) electrons. The second-order valence-corrected chi connectivity index (χ2v) is 9.59. The van der Waals surface area contributed by atoms with Gasteiger partial charge >= 0.3 is 5.97 Å². The third-order valence-corrected chi connectivity index (χ3v) is 7.23. The maximum atomic E-state index is 13.5. The fourth-order valence-corrected chi connectivity index (χ4v) is 5.45. The van der Waals surface area contributed by atoms with Gasteiger partial charge in [0.15, 0.2) is 0 Å². The van der Waals surface area contributed by atoms with Gasteiger partial charge in [-0.3, -0.25) is 19.7 Å². The molecule has 2 aliphatic rings. The number of phenolic OH excluding ortho intramolecular Hbond substituents is 1. The number of carbonyl (C=O) groups is 3. The Kier molecular flexibility index (Phi) is 5.85. The van der Waals surface area contributed by atoms with E-state index in [-0.39, 0.29) is 12.2 Å².